The average Bonchev–Trinajstić information content (AvgIpc) is 3.20. The van der Waals surface area contributed by atoms with Crippen LogP contribution in [0.1, 0.15) is 11.1 Å². The van der Waals surface area contributed by atoms with E-state index >= 15 is 0 Å². The minimum Gasteiger partial charge on any atom is -0.280 e. The lowest BCUT2D eigenvalue weighted by molar-refractivity contribution is -0.143. The highest BCUT2D eigenvalue weighted by molar-refractivity contribution is 7.95. The van der Waals surface area contributed by atoms with Crippen molar-refractivity contribution < 1.29 is 43.2 Å². The smallest absolute Gasteiger partial charge is 0.280 e. The van der Waals surface area contributed by atoms with Crippen LogP contribution in [0, 0.1) is 0 Å². The van der Waals surface area contributed by atoms with Crippen molar-refractivity contribution in [2.75, 3.05) is 11.0 Å². The second-order valence-electron chi connectivity index (χ2n) is 7.95. The van der Waals surface area contributed by atoms with Crippen molar-refractivity contribution in [3.8, 4) is 11.3 Å². The summed E-state index contributed by atoms with van der Waals surface area (Å²) in [5.74, 6) is 0. The van der Waals surface area contributed by atoms with Crippen molar-refractivity contribution in [2.24, 2.45) is 0 Å². The summed E-state index contributed by atoms with van der Waals surface area (Å²) in [5.41, 5.74) is -3.81. The Morgan fingerprint density at radius 2 is 1.35 bits per heavy atom. The molecule has 0 aliphatic rings. The summed E-state index contributed by atoms with van der Waals surface area (Å²) in [4.78, 5) is -1.01. The van der Waals surface area contributed by atoms with E-state index in [4.69, 9.17) is 0 Å². The van der Waals surface area contributed by atoms with E-state index in [0.717, 1.165) is 24.5 Å². The van der Waals surface area contributed by atoms with Gasteiger partial charge in [0.2, 0.25) is 0 Å². The van der Waals surface area contributed by atoms with E-state index in [9.17, 15) is 43.2 Å². The Bertz CT molecular complexity index is 1700. The van der Waals surface area contributed by atoms with Crippen LogP contribution in [0.15, 0.2) is 70.5 Å². The number of sulfone groups is 1. The molecule has 0 fully saturated rings. The highest BCUT2D eigenvalue weighted by Gasteiger charge is 2.37. The average molecular weight is 564 g/mol. The molecule has 0 bridgehead atoms. The zero-order valence-corrected chi connectivity index (χ0v) is 20.1. The molecule has 2 N–H and O–H groups in total. The number of aromatic nitrogens is 2. The maximum atomic E-state index is 13.3. The van der Waals surface area contributed by atoms with Crippen LogP contribution in [-0.4, -0.2) is 33.3 Å². The topological polar surface area (TPSA) is 109 Å². The van der Waals surface area contributed by atoms with Crippen LogP contribution >= 0.6 is 0 Å². The van der Waals surface area contributed by atoms with Crippen LogP contribution in [-0.2, 0) is 32.2 Å². The maximum absolute atomic E-state index is 13.3. The Kier molecular flexibility index (Phi) is 6.27. The van der Waals surface area contributed by atoms with Gasteiger partial charge in [0.25, 0.3) is 10.0 Å². The number of sulfonamides is 1. The lowest BCUT2D eigenvalue weighted by atomic mass is 10.0. The normalized spacial score (nSPS) is 13.2. The summed E-state index contributed by atoms with van der Waals surface area (Å²) in [6.45, 7) is 0. The predicted octanol–water partition coefficient (Wildman–Crippen LogP) is 5.47. The number of H-pyrrole nitrogens is 1. The molecule has 4 rings (SSSR count). The number of alkyl halides is 6. The Balaban J connectivity index is 1.83. The third kappa shape index (κ3) is 5.41. The number of nitrogens with one attached hydrogen (secondary N) is 2. The minimum atomic E-state index is -5.07. The number of fused-ring (bicyclic) bond motifs is 1. The van der Waals surface area contributed by atoms with E-state index in [2.05, 4.69) is 14.9 Å². The van der Waals surface area contributed by atoms with E-state index in [1.807, 2.05) is 0 Å². The molecule has 0 atom stereocenters. The number of benzene rings is 3. The molecule has 7 nitrogen and oxygen atoms in total. The van der Waals surface area contributed by atoms with Crippen LogP contribution in [0.2, 0.25) is 0 Å². The van der Waals surface area contributed by atoms with Gasteiger partial charge in [-0.25, -0.2) is 16.8 Å². The van der Waals surface area contributed by atoms with Crippen LogP contribution in [0.3, 0.4) is 0 Å². The van der Waals surface area contributed by atoms with Gasteiger partial charge >= 0.3 is 12.4 Å². The molecule has 1 aromatic heterocycles. The molecular formula is C22H15F6N3O4S2. The molecular weight excluding hydrogens is 548 g/mol. The summed E-state index contributed by atoms with van der Waals surface area (Å²) >= 11 is 0. The first-order valence-corrected chi connectivity index (χ1v) is 13.4. The monoisotopic (exact) mass is 563 g/mol. The summed E-state index contributed by atoms with van der Waals surface area (Å²) < 4.78 is 132. The molecule has 4 aromatic rings. The first-order chi connectivity index (χ1) is 17.0. The van der Waals surface area contributed by atoms with Crippen molar-refractivity contribution >= 4 is 36.5 Å². The number of nitrogens with zero attached hydrogens (tertiary/aromatic N) is 1. The molecule has 1 heterocycles. The van der Waals surface area contributed by atoms with E-state index in [-0.39, 0.29) is 28.4 Å². The van der Waals surface area contributed by atoms with Crippen LogP contribution in [0.25, 0.3) is 22.2 Å². The van der Waals surface area contributed by atoms with E-state index in [1.54, 1.807) is 0 Å². The first kappa shape index (κ1) is 26.5. The van der Waals surface area contributed by atoms with Gasteiger partial charge in [-0.05, 0) is 48.5 Å². The van der Waals surface area contributed by atoms with Crippen molar-refractivity contribution in [2.45, 2.75) is 22.1 Å². The molecule has 0 saturated carbocycles. The lowest BCUT2D eigenvalue weighted by Gasteiger charge is -2.14. The second-order valence-corrected chi connectivity index (χ2v) is 11.6. The van der Waals surface area contributed by atoms with Crippen molar-refractivity contribution in [1.29, 1.82) is 0 Å². The maximum Gasteiger partial charge on any atom is 0.416 e. The van der Waals surface area contributed by atoms with Crippen molar-refractivity contribution in [1.82, 2.24) is 10.2 Å². The number of rotatable bonds is 5. The third-order valence-electron chi connectivity index (χ3n) is 5.21. The Morgan fingerprint density at radius 1 is 0.784 bits per heavy atom. The molecule has 0 amide bonds. The minimum absolute atomic E-state index is 0.0167. The Morgan fingerprint density at radius 3 is 1.89 bits per heavy atom. The van der Waals surface area contributed by atoms with Gasteiger partial charge in [0.1, 0.15) is 10.6 Å². The Labute approximate surface area is 206 Å². The molecule has 15 heteroatoms. The number of aromatic amines is 1. The number of halogens is 6. The highest BCUT2D eigenvalue weighted by Crippen LogP contribution is 2.40. The molecule has 0 spiro atoms. The van der Waals surface area contributed by atoms with Gasteiger partial charge in [0.15, 0.2) is 9.84 Å². The van der Waals surface area contributed by atoms with Gasteiger partial charge in [-0.2, -0.15) is 31.4 Å². The number of hydrogen-bond donors (Lipinski definition) is 2. The molecule has 0 saturated heterocycles. The van der Waals surface area contributed by atoms with E-state index in [0.29, 0.717) is 12.1 Å². The Hall–Kier alpha value is -3.59. The highest BCUT2D eigenvalue weighted by atomic mass is 32.2. The fourth-order valence-corrected chi connectivity index (χ4v) is 6.26. The molecule has 37 heavy (non-hydrogen) atoms. The summed E-state index contributed by atoms with van der Waals surface area (Å²) in [6.07, 6.45) is -9.32. The van der Waals surface area contributed by atoms with Gasteiger partial charge in [-0.1, -0.05) is 12.1 Å². The van der Waals surface area contributed by atoms with Crippen LogP contribution in [0.4, 0.5) is 32.0 Å². The molecule has 0 aliphatic heterocycles. The van der Waals surface area contributed by atoms with Gasteiger partial charge in [-0.15, -0.1) is 0 Å². The van der Waals surface area contributed by atoms with E-state index in [1.165, 1.54) is 24.3 Å². The zero-order chi connectivity index (χ0) is 27.4. The second kappa shape index (κ2) is 8.76. The van der Waals surface area contributed by atoms with Gasteiger partial charge in [0, 0.05) is 22.9 Å². The summed E-state index contributed by atoms with van der Waals surface area (Å²) in [7, 11) is -8.39. The number of hydrogen-bond acceptors (Lipinski definition) is 5. The van der Waals surface area contributed by atoms with E-state index < -0.39 is 58.7 Å². The van der Waals surface area contributed by atoms with Crippen LogP contribution < -0.4 is 4.72 Å². The fourth-order valence-electron chi connectivity index (χ4n) is 3.58. The number of anilines is 1. The van der Waals surface area contributed by atoms with Gasteiger partial charge in [0.05, 0.1) is 21.5 Å². The molecule has 0 unspecified atom stereocenters. The quantitative estimate of drug-likeness (QED) is 0.313. The molecule has 196 valence electrons. The largest absolute Gasteiger partial charge is 0.416 e. The SMILES string of the molecule is CS(=O)(=O)c1ccccc1S(=O)(=O)Nc1ccc2[nH]nc(-c3cc(C(F)(F)F)cc(C(F)(F)F)c3)c2c1. The molecule has 0 radical (unpaired) electrons. The van der Waals surface area contributed by atoms with Gasteiger partial charge in [-0.3, -0.25) is 9.82 Å². The summed E-state index contributed by atoms with van der Waals surface area (Å²) in [5, 5.41) is 6.34. The molecule has 3 aromatic carbocycles. The van der Waals surface area contributed by atoms with Gasteiger partial charge < -0.3 is 0 Å². The standard InChI is InChI=1S/C22H15F6N3O4S2/c1-36(32,33)18-4-2-3-5-19(18)37(34,35)31-15-6-7-17-16(11-15)20(30-29-17)12-8-13(21(23,24)25)10-14(9-12)22(26,27)28/h2-11,31H,1H3,(H,29,30). The zero-order valence-electron chi connectivity index (χ0n) is 18.4. The predicted molar refractivity (Wildman–Crippen MR) is 122 cm³/mol. The summed E-state index contributed by atoms with van der Waals surface area (Å²) in [6, 6.07) is 9.54. The van der Waals surface area contributed by atoms with Crippen molar-refractivity contribution in [3.05, 3.63) is 71.8 Å². The third-order valence-corrected chi connectivity index (χ3v) is 7.94. The first-order valence-electron chi connectivity index (χ1n) is 10.1. The lowest BCUT2D eigenvalue weighted by Crippen LogP contribution is -2.16. The van der Waals surface area contributed by atoms with Crippen LogP contribution in [0.5, 0.6) is 0 Å². The fraction of sp³-hybridized carbons (Fsp3) is 0.136. The van der Waals surface area contributed by atoms with Crippen molar-refractivity contribution in [3.63, 3.8) is 0 Å². The molecule has 0 aliphatic carbocycles.